The van der Waals surface area contributed by atoms with Gasteiger partial charge >= 0.3 is 0 Å². The first kappa shape index (κ1) is 24.5. The third-order valence-electron chi connectivity index (χ3n) is 6.10. The van der Waals surface area contributed by atoms with Gasteiger partial charge in [0.2, 0.25) is 5.88 Å². The summed E-state index contributed by atoms with van der Waals surface area (Å²) in [4.78, 5) is 2.24. The molecule has 1 atom stereocenters. The molecule has 6 nitrogen and oxygen atoms in total. The molecule has 3 aromatic carbocycles. The summed E-state index contributed by atoms with van der Waals surface area (Å²) < 4.78 is 13.9. The fourth-order valence-electron chi connectivity index (χ4n) is 4.04. The number of benzene rings is 3. The Bertz CT molecular complexity index is 1220. The van der Waals surface area contributed by atoms with E-state index in [0.29, 0.717) is 30.5 Å². The van der Waals surface area contributed by atoms with Crippen molar-refractivity contribution in [2.24, 2.45) is 0 Å². The van der Waals surface area contributed by atoms with Crippen LogP contribution in [0, 0.1) is 6.92 Å². The summed E-state index contributed by atoms with van der Waals surface area (Å²) in [6.45, 7) is 7.33. The summed E-state index contributed by atoms with van der Waals surface area (Å²) in [5.74, 6) is 1.91. The molecule has 4 rings (SSSR count). The monoisotopic (exact) mass is 471 g/mol. The van der Waals surface area contributed by atoms with Gasteiger partial charge in [0.1, 0.15) is 0 Å². The summed E-state index contributed by atoms with van der Waals surface area (Å²) in [7, 11) is 1.63. The zero-order valence-electron chi connectivity index (χ0n) is 20.8. The molecule has 6 heteroatoms. The van der Waals surface area contributed by atoms with E-state index in [-0.39, 0.29) is 6.04 Å². The highest BCUT2D eigenvalue weighted by Gasteiger charge is 2.25. The van der Waals surface area contributed by atoms with Crippen molar-refractivity contribution in [3.8, 4) is 23.1 Å². The number of hydrogen-bond acceptors (Lipinski definition) is 5. The highest BCUT2D eigenvalue weighted by atomic mass is 16.5. The Morgan fingerprint density at radius 2 is 1.49 bits per heavy atom. The van der Waals surface area contributed by atoms with Crippen molar-refractivity contribution in [1.82, 2.24) is 14.7 Å². The van der Waals surface area contributed by atoms with Gasteiger partial charge in [-0.05, 0) is 50.6 Å². The van der Waals surface area contributed by atoms with Crippen LogP contribution in [0.4, 0.5) is 0 Å². The van der Waals surface area contributed by atoms with E-state index in [4.69, 9.17) is 14.6 Å². The third kappa shape index (κ3) is 5.73. The van der Waals surface area contributed by atoms with Crippen LogP contribution >= 0.6 is 0 Å². The lowest BCUT2D eigenvalue weighted by Gasteiger charge is -2.29. The van der Waals surface area contributed by atoms with Gasteiger partial charge in [0.15, 0.2) is 11.5 Å². The molecular formula is C29H33N3O3. The second kappa shape index (κ2) is 11.2. The summed E-state index contributed by atoms with van der Waals surface area (Å²) in [6, 6.07) is 27.5. The summed E-state index contributed by atoms with van der Waals surface area (Å²) in [5, 5.41) is 15.8. The van der Waals surface area contributed by atoms with Crippen LogP contribution in [0.1, 0.15) is 36.8 Å². The number of aryl methyl sites for hydroxylation is 1. The van der Waals surface area contributed by atoms with Gasteiger partial charge in [0.25, 0.3) is 0 Å². The van der Waals surface area contributed by atoms with Crippen LogP contribution in [-0.4, -0.2) is 39.5 Å². The molecule has 0 aliphatic carbocycles. The topological polar surface area (TPSA) is 59.8 Å². The van der Waals surface area contributed by atoms with Gasteiger partial charge in [0.05, 0.1) is 30.2 Å². The molecule has 182 valence electrons. The molecule has 0 saturated carbocycles. The lowest BCUT2D eigenvalue weighted by Crippen LogP contribution is -2.34. The summed E-state index contributed by atoms with van der Waals surface area (Å²) in [6.07, 6.45) is -0.596. The van der Waals surface area contributed by atoms with E-state index in [1.54, 1.807) is 7.11 Å². The molecule has 0 spiro atoms. The third-order valence-corrected chi connectivity index (χ3v) is 6.10. The molecular weight excluding hydrogens is 438 g/mol. The predicted octanol–water partition coefficient (Wildman–Crippen LogP) is 5.93. The van der Waals surface area contributed by atoms with Crippen molar-refractivity contribution in [2.75, 3.05) is 13.7 Å². The van der Waals surface area contributed by atoms with Crippen molar-refractivity contribution >= 4 is 0 Å². The van der Waals surface area contributed by atoms with Crippen LogP contribution < -0.4 is 9.47 Å². The Morgan fingerprint density at radius 1 is 0.886 bits per heavy atom. The lowest BCUT2D eigenvalue weighted by molar-refractivity contribution is 0.0902. The van der Waals surface area contributed by atoms with Crippen molar-refractivity contribution in [2.45, 2.75) is 39.5 Å². The molecule has 1 aromatic heterocycles. The molecule has 0 unspecified atom stereocenters. The van der Waals surface area contributed by atoms with E-state index < -0.39 is 6.10 Å². The van der Waals surface area contributed by atoms with E-state index in [0.717, 1.165) is 22.5 Å². The zero-order chi connectivity index (χ0) is 24.8. The number of aliphatic hydroxyl groups excluding tert-OH is 1. The van der Waals surface area contributed by atoms with Crippen LogP contribution in [0.2, 0.25) is 0 Å². The summed E-state index contributed by atoms with van der Waals surface area (Å²) in [5.41, 5.74) is 3.65. The van der Waals surface area contributed by atoms with Crippen LogP contribution in [0.25, 0.3) is 5.69 Å². The molecule has 0 bridgehead atoms. The second-order valence-electron chi connectivity index (χ2n) is 8.82. The van der Waals surface area contributed by atoms with Gasteiger partial charge in [0, 0.05) is 19.1 Å². The number of methoxy groups -OCH3 is 1. The molecule has 0 radical (unpaired) electrons. The Balaban J connectivity index is 1.72. The minimum atomic E-state index is -0.596. The van der Waals surface area contributed by atoms with Gasteiger partial charge < -0.3 is 14.6 Å². The minimum Gasteiger partial charge on any atom is -0.493 e. The molecule has 4 aromatic rings. The number of nitrogens with zero attached hydrogens (tertiary/aromatic N) is 3. The molecule has 0 saturated heterocycles. The second-order valence-corrected chi connectivity index (χ2v) is 8.82. The number of hydrogen-bond donors (Lipinski definition) is 1. The Morgan fingerprint density at radius 3 is 2.11 bits per heavy atom. The predicted molar refractivity (Wildman–Crippen MR) is 138 cm³/mol. The molecule has 0 fully saturated rings. The number of ether oxygens (including phenoxy) is 2. The minimum absolute atomic E-state index is 0.201. The van der Waals surface area contributed by atoms with Crippen LogP contribution in [-0.2, 0) is 6.54 Å². The Labute approximate surface area is 207 Å². The van der Waals surface area contributed by atoms with E-state index in [1.165, 1.54) is 0 Å². The average molecular weight is 472 g/mol. The van der Waals surface area contributed by atoms with Gasteiger partial charge in [-0.15, -0.1) is 0 Å². The molecule has 1 heterocycles. The van der Waals surface area contributed by atoms with Crippen molar-refractivity contribution < 1.29 is 14.6 Å². The average Bonchev–Trinajstić information content (AvgIpc) is 3.19. The number of aliphatic hydroxyl groups is 1. The first-order valence-corrected chi connectivity index (χ1v) is 11.9. The fourth-order valence-corrected chi connectivity index (χ4v) is 4.04. The highest BCUT2D eigenvalue weighted by Crippen LogP contribution is 2.36. The van der Waals surface area contributed by atoms with Gasteiger partial charge in [-0.25, -0.2) is 4.68 Å². The van der Waals surface area contributed by atoms with Crippen LogP contribution in [0.5, 0.6) is 17.4 Å². The Hall–Kier alpha value is -3.61. The van der Waals surface area contributed by atoms with Crippen LogP contribution in [0.15, 0.2) is 84.9 Å². The van der Waals surface area contributed by atoms with Crippen molar-refractivity contribution in [3.63, 3.8) is 0 Å². The molecule has 0 aliphatic heterocycles. The SMILES string of the molecule is COc1ccccc1Oc1c(CN(C[C@H](O)c2ccccc2)C(C)C)c(C)nn1-c1ccccc1. The number of rotatable bonds is 10. The van der Waals surface area contributed by atoms with Crippen molar-refractivity contribution in [3.05, 3.63) is 102 Å². The van der Waals surface area contributed by atoms with E-state index in [9.17, 15) is 5.11 Å². The van der Waals surface area contributed by atoms with Gasteiger partial charge in [-0.1, -0.05) is 60.7 Å². The van der Waals surface area contributed by atoms with E-state index in [1.807, 2.05) is 96.5 Å². The van der Waals surface area contributed by atoms with Gasteiger partial charge in [-0.3, -0.25) is 4.90 Å². The molecule has 1 N–H and O–H groups in total. The van der Waals surface area contributed by atoms with Crippen molar-refractivity contribution in [1.29, 1.82) is 0 Å². The normalized spacial score (nSPS) is 12.2. The maximum absolute atomic E-state index is 10.9. The maximum atomic E-state index is 10.9. The quantitative estimate of drug-likeness (QED) is 0.311. The zero-order valence-corrected chi connectivity index (χ0v) is 20.8. The Kier molecular flexibility index (Phi) is 7.85. The van der Waals surface area contributed by atoms with E-state index in [2.05, 4.69) is 18.7 Å². The number of aromatic nitrogens is 2. The fraction of sp³-hybridized carbons (Fsp3) is 0.276. The first-order chi connectivity index (χ1) is 17.0. The standard InChI is InChI=1S/C29H33N3O3/c1-21(2)31(20-26(33)23-13-7-5-8-14-23)19-25-22(3)30-32(24-15-9-6-10-16-24)29(25)35-28-18-12-11-17-27(28)34-4/h5-18,21,26,33H,19-20H2,1-4H3/t26-/m0/s1. The lowest BCUT2D eigenvalue weighted by atomic mass is 10.1. The first-order valence-electron chi connectivity index (χ1n) is 11.9. The largest absolute Gasteiger partial charge is 0.493 e. The number of para-hydroxylation sites is 3. The van der Waals surface area contributed by atoms with Crippen LogP contribution in [0.3, 0.4) is 0 Å². The maximum Gasteiger partial charge on any atom is 0.227 e. The molecule has 35 heavy (non-hydrogen) atoms. The summed E-state index contributed by atoms with van der Waals surface area (Å²) >= 11 is 0. The molecule has 0 amide bonds. The van der Waals surface area contributed by atoms with E-state index >= 15 is 0 Å². The highest BCUT2D eigenvalue weighted by molar-refractivity contribution is 5.47. The smallest absolute Gasteiger partial charge is 0.227 e. The molecule has 0 aliphatic rings. The van der Waals surface area contributed by atoms with Gasteiger partial charge in [-0.2, -0.15) is 5.10 Å².